The number of hydrogen-bond acceptors (Lipinski definition) is 3. The molecule has 1 saturated heterocycles. The lowest BCUT2D eigenvalue weighted by molar-refractivity contribution is 0.113. The van der Waals surface area contributed by atoms with Gasteiger partial charge in [-0.25, -0.2) is 0 Å². The summed E-state index contributed by atoms with van der Waals surface area (Å²) in [5.74, 6) is 0. The van der Waals surface area contributed by atoms with E-state index in [-0.39, 0.29) is 12.2 Å². The van der Waals surface area contributed by atoms with Crippen molar-refractivity contribution in [1.82, 2.24) is 0 Å². The maximum absolute atomic E-state index is 9.66. The minimum atomic E-state index is -0.415. The van der Waals surface area contributed by atoms with Crippen molar-refractivity contribution in [2.75, 3.05) is 6.61 Å². The topological polar surface area (TPSA) is 42.0 Å². The first kappa shape index (κ1) is 13.3. The molecule has 0 aliphatic carbocycles. The third kappa shape index (κ3) is 3.95. The largest absolute Gasteiger partial charge is 0.390 e. The van der Waals surface area contributed by atoms with E-state index < -0.39 is 6.10 Å². The van der Waals surface area contributed by atoms with Crippen LogP contribution in [0.3, 0.4) is 0 Å². The molecule has 0 bridgehead atoms. The molecule has 0 aromatic heterocycles. The van der Waals surface area contributed by atoms with Crippen molar-refractivity contribution in [3.63, 3.8) is 0 Å². The van der Waals surface area contributed by atoms with Crippen LogP contribution < -0.4 is 0 Å². The second-order valence-corrected chi connectivity index (χ2v) is 4.56. The molecule has 0 spiro atoms. The molecule has 98 valence electrons. The summed E-state index contributed by atoms with van der Waals surface area (Å²) in [7, 11) is 0. The highest BCUT2D eigenvalue weighted by Crippen LogP contribution is 2.29. The van der Waals surface area contributed by atoms with E-state index in [1.54, 1.807) is 6.08 Å². The van der Waals surface area contributed by atoms with E-state index in [0.29, 0.717) is 19.6 Å². The van der Waals surface area contributed by atoms with Gasteiger partial charge in [0.05, 0.1) is 18.8 Å². The maximum atomic E-state index is 9.66. The van der Waals surface area contributed by atoms with Crippen LogP contribution in [0.15, 0.2) is 43.0 Å². The molecule has 0 saturated carbocycles. The molecule has 1 fully saturated rings. The average molecular weight is 248 g/mol. The highest BCUT2D eigenvalue weighted by atomic mass is 16.6. The Morgan fingerprint density at radius 1 is 1.39 bits per heavy atom. The number of epoxide rings is 1. The second kappa shape index (κ2) is 6.69. The molecule has 0 radical (unpaired) electrons. The molecule has 1 N–H and O–H groups in total. The van der Waals surface area contributed by atoms with E-state index in [4.69, 9.17) is 9.47 Å². The van der Waals surface area contributed by atoms with Gasteiger partial charge in [-0.3, -0.25) is 0 Å². The van der Waals surface area contributed by atoms with Gasteiger partial charge in [-0.1, -0.05) is 36.4 Å². The summed E-state index contributed by atoms with van der Waals surface area (Å²) in [5.41, 5.74) is 1.18. The summed E-state index contributed by atoms with van der Waals surface area (Å²) in [5, 5.41) is 9.66. The number of hydrogen-bond donors (Lipinski definition) is 1. The first-order chi connectivity index (χ1) is 8.81. The molecule has 0 unspecified atom stereocenters. The standard InChI is InChI=1S/C15H20O3/c1-2-6-13(16)15-14(18-15)9-10-17-11-12-7-4-3-5-8-12/h2-5,7-8,13-16H,1,6,9-11H2/t13-,14-,15-/m0/s1. The van der Waals surface area contributed by atoms with Gasteiger partial charge in [0.15, 0.2) is 0 Å². The lowest BCUT2D eigenvalue weighted by Gasteiger charge is -2.04. The smallest absolute Gasteiger partial charge is 0.110 e. The predicted octanol–water partition coefficient (Wildman–Crippen LogP) is 2.30. The molecule has 1 aliphatic rings. The predicted molar refractivity (Wildman–Crippen MR) is 70.2 cm³/mol. The number of ether oxygens (including phenoxy) is 2. The third-order valence-electron chi connectivity index (χ3n) is 3.07. The van der Waals surface area contributed by atoms with E-state index in [0.717, 1.165) is 6.42 Å². The van der Waals surface area contributed by atoms with Crippen LogP contribution in [0.2, 0.25) is 0 Å². The van der Waals surface area contributed by atoms with Crippen LogP contribution in [0.1, 0.15) is 18.4 Å². The second-order valence-electron chi connectivity index (χ2n) is 4.56. The highest BCUT2D eigenvalue weighted by Gasteiger charge is 2.43. The van der Waals surface area contributed by atoms with Gasteiger partial charge in [0.25, 0.3) is 0 Å². The Morgan fingerprint density at radius 2 is 2.17 bits per heavy atom. The molecule has 1 aromatic rings. The maximum Gasteiger partial charge on any atom is 0.110 e. The van der Waals surface area contributed by atoms with Crippen molar-refractivity contribution in [2.24, 2.45) is 0 Å². The normalized spacial score (nSPS) is 23.6. The zero-order valence-electron chi connectivity index (χ0n) is 10.5. The molecule has 1 heterocycles. The highest BCUT2D eigenvalue weighted by molar-refractivity contribution is 5.13. The van der Waals surface area contributed by atoms with Crippen molar-refractivity contribution < 1.29 is 14.6 Å². The Balaban J connectivity index is 1.56. The molecule has 1 aromatic carbocycles. The molecule has 3 atom stereocenters. The van der Waals surface area contributed by atoms with Gasteiger partial charge < -0.3 is 14.6 Å². The lowest BCUT2D eigenvalue weighted by atomic mass is 10.1. The fraction of sp³-hybridized carbons (Fsp3) is 0.467. The van der Waals surface area contributed by atoms with Crippen molar-refractivity contribution in [3.8, 4) is 0 Å². The number of benzene rings is 1. The van der Waals surface area contributed by atoms with Crippen molar-refractivity contribution in [2.45, 2.75) is 37.8 Å². The molecule has 1 aliphatic heterocycles. The molecule has 18 heavy (non-hydrogen) atoms. The minimum Gasteiger partial charge on any atom is -0.390 e. The first-order valence-electron chi connectivity index (χ1n) is 6.37. The number of aliphatic hydroxyl groups excluding tert-OH is 1. The molecular formula is C15H20O3. The van der Waals surface area contributed by atoms with Crippen LogP contribution in [0.25, 0.3) is 0 Å². The van der Waals surface area contributed by atoms with Crippen molar-refractivity contribution >= 4 is 0 Å². The summed E-state index contributed by atoms with van der Waals surface area (Å²) in [6.45, 7) is 4.90. The fourth-order valence-corrected chi connectivity index (χ4v) is 2.00. The van der Waals surface area contributed by atoms with Gasteiger partial charge in [-0.2, -0.15) is 0 Å². The quantitative estimate of drug-likeness (QED) is 0.436. The van der Waals surface area contributed by atoms with Crippen LogP contribution in [0, 0.1) is 0 Å². The van der Waals surface area contributed by atoms with Gasteiger partial charge in [-0.05, 0) is 18.4 Å². The van der Waals surface area contributed by atoms with Gasteiger partial charge >= 0.3 is 0 Å². The summed E-state index contributed by atoms with van der Waals surface area (Å²) in [6, 6.07) is 10.1. The zero-order chi connectivity index (χ0) is 12.8. The summed E-state index contributed by atoms with van der Waals surface area (Å²) in [4.78, 5) is 0. The summed E-state index contributed by atoms with van der Waals surface area (Å²) >= 11 is 0. The lowest BCUT2D eigenvalue weighted by Crippen LogP contribution is -2.16. The zero-order valence-corrected chi connectivity index (χ0v) is 10.5. The molecule has 0 amide bonds. The van der Waals surface area contributed by atoms with E-state index in [9.17, 15) is 5.11 Å². The summed E-state index contributed by atoms with van der Waals surface area (Å²) in [6.07, 6.45) is 2.85. The third-order valence-corrected chi connectivity index (χ3v) is 3.07. The van der Waals surface area contributed by atoms with Crippen molar-refractivity contribution in [3.05, 3.63) is 48.6 Å². The summed E-state index contributed by atoms with van der Waals surface area (Å²) < 4.78 is 11.0. The Hall–Kier alpha value is -1.16. The van der Waals surface area contributed by atoms with E-state index in [2.05, 4.69) is 6.58 Å². The van der Waals surface area contributed by atoms with Gasteiger partial charge in [0.1, 0.15) is 6.10 Å². The Kier molecular flexibility index (Phi) is 4.93. The molecule has 2 rings (SSSR count). The van der Waals surface area contributed by atoms with Crippen LogP contribution in [-0.2, 0) is 16.1 Å². The number of rotatable bonds is 8. The van der Waals surface area contributed by atoms with Gasteiger partial charge in [0.2, 0.25) is 0 Å². The van der Waals surface area contributed by atoms with Crippen LogP contribution in [0.4, 0.5) is 0 Å². The van der Waals surface area contributed by atoms with Crippen molar-refractivity contribution in [1.29, 1.82) is 0 Å². The van der Waals surface area contributed by atoms with E-state index in [1.165, 1.54) is 5.56 Å². The van der Waals surface area contributed by atoms with Crippen LogP contribution >= 0.6 is 0 Å². The monoisotopic (exact) mass is 248 g/mol. The average Bonchev–Trinajstić information content (AvgIpc) is 3.16. The Morgan fingerprint density at radius 3 is 2.89 bits per heavy atom. The molecule has 3 heteroatoms. The Labute approximate surface area is 108 Å². The Bertz CT molecular complexity index is 363. The van der Waals surface area contributed by atoms with Gasteiger partial charge in [-0.15, -0.1) is 6.58 Å². The molecular weight excluding hydrogens is 228 g/mol. The van der Waals surface area contributed by atoms with Crippen LogP contribution in [0.5, 0.6) is 0 Å². The fourth-order valence-electron chi connectivity index (χ4n) is 2.00. The SMILES string of the molecule is C=CC[C@H](O)[C@@H]1O[C@H]1CCOCc1ccccc1. The van der Waals surface area contributed by atoms with E-state index >= 15 is 0 Å². The minimum absolute atomic E-state index is 0.0247. The molecule has 3 nitrogen and oxygen atoms in total. The van der Waals surface area contributed by atoms with Gasteiger partial charge in [0, 0.05) is 6.61 Å². The van der Waals surface area contributed by atoms with Crippen LogP contribution in [-0.4, -0.2) is 30.0 Å². The van der Waals surface area contributed by atoms with E-state index in [1.807, 2.05) is 30.3 Å². The first-order valence-corrected chi connectivity index (χ1v) is 6.37. The number of aliphatic hydroxyl groups is 1.